The van der Waals surface area contributed by atoms with E-state index in [0.717, 1.165) is 24.5 Å². The van der Waals surface area contributed by atoms with Gasteiger partial charge in [0.15, 0.2) is 0 Å². The molecule has 1 aliphatic rings. The summed E-state index contributed by atoms with van der Waals surface area (Å²) in [6.07, 6.45) is 2.28. The number of benzene rings is 2. The van der Waals surface area contributed by atoms with Crippen LogP contribution in [0, 0.1) is 24.4 Å². The molecule has 0 spiro atoms. The fourth-order valence-corrected chi connectivity index (χ4v) is 2.36. The van der Waals surface area contributed by atoms with Crippen molar-refractivity contribution in [1.82, 2.24) is 5.32 Å². The Bertz CT molecular complexity index is 678. The van der Waals surface area contributed by atoms with Gasteiger partial charge in [0.2, 0.25) is 0 Å². The lowest BCUT2D eigenvalue weighted by atomic mass is 9.97. The molecule has 0 heterocycles. The van der Waals surface area contributed by atoms with Crippen molar-refractivity contribution < 1.29 is 13.2 Å². The highest BCUT2D eigenvalue weighted by Crippen LogP contribution is 2.30. The molecular weight excluding hydrogens is 275 g/mol. The van der Waals surface area contributed by atoms with Crippen LogP contribution in [0.25, 0.3) is 11.1 Å². The van der Waals surface area contributed by atoms with Crippen molar-refractivity contribution in [2.45, 2.75) is 32.4 Å². The number of aryl methyl sites for hydroxylation is 1. The minimum atomic E-state index is -0.670. The zero-order chi connectivity index (χ0) is 15.0. The van der Waals surface area contributed by atoms with Crippen LogP contribution in [0.1, 0.15) is 24.0 Å². The van der Waals surface area contributed by atoms with E-state index in [4.69, 9.17) is 0 Å². The summed E-state index contributed by atoms with van der Waals surface area (Å²) in [5, 5.41) is 3.33. The van der Waals surface area contributed by atoms with Gasteiger partial charge in [-0.3, -0.25) is 0 Å². The van der Waals surface area contributed by atoms with Gasteiger partial charge < -0.3 is 5.32 Å². The lowest BCUT2D eigenvalue weighted by Crippen LogP contribution is -2.16. The first kappa shape index (κ1) is 14.1. The minimum absolute atomic E-state index is 0.237. The number of hydrogen-bond acceptors (Lipinski definition) is 1. The van der Waals surface area contributed by atoms with Crippen LogP contribution in [-0.2, 0) is 6.54 Å². The molecule has 1 nitrogen and oxygen atoms in total. The quantitative estimate of drug-likeness (QED) is 0.884. The van der Waals surface area contributed by atoms with Gasteiger partial charge in [-0.15, -0.1) is 0 Å². The first-order valence-corrected chi connectivity index (χ1v) is 7.02. The number of halogens is 3. The predicted molar refractivity (Wildman–Crippen MR) is 76.4 cm³/mol. The van der Waals surface area contributed by atoms with Crippen LogP contribution in [0.5, 0.6) is 0 Å². The van der Waals surface area contributed by atoms with Crippen molar-refractivity contribution in [3.8, 4) is 11.1 Å². The molecule has 0 bridgehead atoms. The van der Waals surface area contributed by atoms with E-state index in [1.54, 1.807) is 13.0 Å². The smallest absolute Gasteiger partial charge is 0.133 e. The second-order valence-electron chi connectivity index (χ2n) is 5.54. The summed E-state index contributed by atoms with van der Waals surface area (Å²) >= 11 is 0. The molecule has 21 heavy (non-hydrogen) atoms. The zero-order valence-electron chi connectivity index (χ0n) is 11.7. The van der Waals surface area contributed by atoms with Gasteiger partial charge in [0.1, 0.15) is 17.5 Å². The molecule has 1 aliphatic carbocycles. The third kappa shape index (κ3) is 3.10. The van der Waals surface area contributed by atoms with Gasteiger partial charge in [-0.05, 0) is 54.7 Å². The molecule has 1 N–H and O–H groups in total. The summed E-state index contributed by atoms with van der Waals surface area (Å²) in [6, 6.07) is 7.11. The first-order valence-electron chi connectivity index (χ1n) is 7.02. The van der Waals surface area contributed by atoms with Crippen LogP contribution < -0.4 is 5.32 Å². The highest BCUT2D eigenvalue weighted by molar-refractivity contribution is 5.69. The van der Waals surface area contributed by atoms with Crippen molar-refractivity contribution in [3.63, 3.8) is 0 Å². The molecule has 0 amide bonds. The van der Waals surface area contributed by atoms with E-state index in [-0.39, 0.29) is 5.56 Å². The monoisotopic (exact) mass is 291 g/mol. The molecule has 0 aromatic heterocycles. The van der Waals surface area contributed by atoms with Gasteiger partial charge in [-0.1, -0.05) is 6.07 Å². The topological polar surface area (TPSA) is 12.0 Å². The van der Waals surface area contributed by atoms with Gasteiger partial charge in [0, 0.05) is 24.2 Å². The van der Waals surface area contributed by atoms with Crippen molar-refractivity contribution in [2.24, 2.45) is 0 Å². The maximum Gasteiger partial charge on any atom is 0.133 e. The Balaban J connectivity index is 2.02. The lowest BCUT2D eigenvalue weighted by molar-refractivity contribution is 0.579. The van der Waals surface area contributed by atoms with Crippen LogP contribution in [-0.4, -0.2) is 6.04 Å². The summed E-state index contributed by atoms with van der Waals surface area (Å²) in [5.74, 6) is -1.69. The largest absolute Gasteiger partial charge is 0.310 e. The number of hydrogen-bond donors (Lipinski definition) is 1. The molecule has 1 fully saturated rings. The Morgan fingerprint density at radius 3 is 2.48 bits per heavy atom. The Morgan fingerprint density at radius 1 is 1.00 bits per heavy atom. The summed E-state index contributed by atoms with van der Waals surface area (Å²) in [4.78, 5) is 0. The second-order valence-corrected chi connectivity index (χ2v) is 5.54. The Labute approximate surface area is 121 Å². The Kier molecular flexibility index (Phi) is 3.72. The molecule has 0 radical (unpaired) electrons. The van der Waals surface area contributed by atoms with Gasteiger partial charge in [-0.25, -0.2) is 13.2 Å². The SMILES string of the molecule is Cc1cc(-c2cc(F)ccc2CNC2CC2)c(F)cc1F. The van der Waals surface area contributed by atoms with E-state index < -0.39 is 17.5 Å². The van der Waals surface area contributed by atoms with E-state index in [2.05, 4.69) is 5.32 Å². The third-order valence-electron chi connectivity index (χ3n) is 3.77. The van der Waals surface area contributed by atoms with Crippen LogP contribution >= 0.6 is 0 Å². The van der Waals surface area contributed by atoms with Crippen molar-refractivity contribution in [1.29, 1.82) is 0 Å². The first-order chi connectivity index (χ1) is 10.0. The lowest BCUT2D eigenvalue weighted by Gasteiger charge is -2.13. The summed E-state index contributed by atoms with van der Waals surface area (Å²) < 4.78 is 41.0. The molecule has 0 unspecified atom stereocenters. The van der Waals surface area contributed by atoms with Gasteiger partial charge in [0.05, 0.1) is 0 Å². The highest BCUT2D eigenvalue weighted by atomic mass is 19.1. The Morgan fingerprint density at radius 2 is 1.76 bits per heavy atom. The highest BCUT2D eigenvalue weighted by Gasteiger charge is 2.21. The van der Waals surface area contributed by atoms with Crippen molar-refractivity contribution in [2.75, 3.05) is 0 Å². The van der Waals surface area contributed by atoms with Crippen LogP contribution in [0.15, 0.2) is 30.3 Å². The van der Waals surface area contributed by atoms with Gasteiger partial charge in [0.25, 0.3) is 0 Å². The molecule has 0 aliphatic heterocycles. The van der Waals surface area contributed by atoms with E-state index in [9.17, 15) is 13.2 Å². The molecule has 2 aromatic carbocycles. The average Bonchev–Trinajstić information content (AvgIpc) is 3.25. The average molecular weight is 291 g/mol. The molecule has 2 aromatic rings. The molecule has 3 rings (SSSR count). The van der Waals surface area contributed by atoms with Crippen LogP contribution in [0.4, 0.5) is 13.2 Å². The zero-order valence-corrected chi connectivity index (χ0v) is 11.7. The summed E-state index contributed by atoms with van der Waals surface area (Å²) in [5.41, 5.74) is 1.87. The molecule has 4 heteroatoms. The molecule has 0 saturated heterocycles. The fraction of sp³-hybridized carbons (Fsp3) is 0.294. The van der Waals surface area contributed by atoms with E-state index in [1.807, 2.05) is 0 Å². The molecular formula is C17H16F3N. The predicted octanol–water partition coefficient (Wildman–Crippen LogP) is 4.33. The van der Waals surface area contributed by atoms with Crippen LogP contribution in [0.2, 0.25) is 0 Å². The van der Waals surface area contributed by atoms with Crippen LogP contribution in [0.3, 0.4) is 0 Å². The molecule has 110 valence electrons. The number of rotatable bonds is 4. The summed E-state index contributed by atoms with van der Waals surface area (Å²) in [7, 11) is 0. The summed E-state index contributed by atoms with van der Waals surface area (Å²) in [6.45, 7) is 2.12. The van der Waals surface area contributed by atoms with E-state index in [1.165, 1.54) is 18.2 Å². The molecule has 0 atom stereocenters. The van der Waals surface area contributed by atoms with E-state index in [0.29, 0.717) is 23.7 Å². The maximum atomic E-state index is 14.1. The third-order valence-corrected chi connectivity index (χ3v) is 3.77. The standard InChI is InChI=1S/C17H16F3N/c1-10-6-15(17(20)8-16(10)19)14-7-12(18)3-2-11(14)9-21-13-4-5-13/h2-3,6-8,13,21H,4-5,9H2,1H3. The van der Waals surface area contributed by atoms with E-state index >= 15 is 0 Å². The molecule has 1 saturated carbocycles. The normalized spacial score (nSPS) is 14.5. The minimum Gasteiger partial charge on any atom is -0.310 e. The van der Waals surface area contributed by atoms with Crippen molar-refractivity contribution in [3.05, 3.63) is 58.9 Å². The Hall–Kier alpha value is -1.81. The maximum absolute atomic E-state index is 14.1. The second kappa shape index (κ2) is 5.53. The fourth-order valence-electron chi connectivity index (χ4n) is 2.36. The van der Waals surface area contributed by atoms with Crippen molar-refractivity contribution >= 4 is 0 Å². The number of nitrogens with one attached hydrogen (secondary N) is 1. The van der Waals surface area contributed by atoms with Gasteiger partial charge >= 0.3 is 0 Å². The van der Waals surface area contributed by atoms with Gasteiger partial charge in [-0.2, -0.15) is 0 Å².